The van der Waals surface area contributed by atoms with Gasteiger partial charge in [0.15, 0.2) is 0 Å². The molecule has 1 aliphatic heterocycles. The van der Waals surface area contributed by atoms with Gasteiger partial charge in [0.25, 0.3) is 0 Å². The number of benzene rings is 1. The first-order valence-electron chi connectivity index (χ1n) is 7.84. The fourth-order valence-corrected chi connectivity index (χ4v) is 3.18. The normalized spacial score (nSPS) is 13.2. The molecule has 0 aliphatic carbocycles. The van der Waals surface area contributed by atoms with Gasteiger partial charge in [0.05, 0.1) is 36.0 Å². The third kappa shape index (κ3) is 3.76. The highest BCUT2D eigenvalue weighted by molar-refractivity contribution is 9.10. The third-order valence-corrected chi connectivity index (χ3v) is 4.45. The van der Waals surface area contributed by atoms with E-state index in [0.717, 1.165) is 27.8 Å². The number of anilines is 1. The van der Waals surface area contributed by atoms with Crippen LogP contribution in [0.5, 0.6) is 5.88 Å². The Morgan fingerprint density at radius 2 is 2.08 bits per heavy atom. The number of aromatic nitrogens is 1. The number of hydrogen-bond acceptors (Lipinski definition) is 4. The molecule has 0 bridgehead atoms. The summed E-state index contributed by atoms with van der Waals surface area (Å²) < 4.78 is 11.6. The second-order valence-corrected chi connectivity index (χ2v) is 6.41. The maximum Gasteiger partial charge on any atom is 0.233 e. The van der Waals surface area contributed by atoms with Crippen molar-refractivity contribution < 1.29 is 14.3 Å². The molecule has 1 aromatic heterocycles. The Kier molecular flexibility index (Phi) is 5.48. The van der Waals surface area contributed by atoms with Crippen molar-refractivity contribution in [3.63, 3.8) is 0 Å². The molecule has 0 fully saturated rings. The molecule has 0 N–H and O–H groups in total. The number of amides is 1. The first kappa shape index (κ1) is 16.9. The van der Waals surface area contributed by atoms with Crippen molar-refractivity contribution in [3.8, 4) is 5.88 Å². The van der Waals surface area contributed by atoms with E-state index in [1.807, 2.05) is 36.4 Å². The van der Waals surface area contributed by atoms with Gasteiger partial charge in [-0.05, 0) is 34.0 Å². The second-order valence-electron chi connectivity index (χ2n) is 5.56. The van der Waals surface area contributed by atoms with Crippen molar-refractivity contribution in [2.24, 2.45) is 0 Å². The molecule has 0 spiro atoms. The van der Waals surface area contributed by atoms with Crippen molar-refractivity contribution in [1.82, 2.24) is 4.98 Å². The van der Waals surface area contributed by atoms with Crippen LogP contribution in [0.25, 0.3) is 0 Å². The molecular formula is C18H19BrN2O3. The van der Waals surface area contributed by atoms with Crippen LogP contribution in [0, 0.1) is 0 Å². The Hall–Kier alpha value is -1.92. The van der Waals surface area contributed by atoms with Crippen molar-refractivity contribution in [1.29, 1.82) is 0 Å². The highest BCUT2D eigenvalue weighted by Crippen LogP contribution is 2.34. The zero-order valence-electron chi connectivity index (χ0n) is 13.5. The maximum atomic E-state index is 12.2. The molecule has 0 atom stereocenters. The Morgan fingerprint density at radius 3 is 2.83 bits per heavy atom. The topological polar surface area (TPSA) is 51.7 Å². The molecule has 5 nitrogen and oxygen atoms in total. The summed E-state index contributed by atoms with van der Waals surface area (Å²) in [5, 5.41) is 0. The van der Waals surface area contributed by atoms with Gasteiger partial charge in [-0.25, -0.2) is 4.98 Å². The summed E-state index contributed by atoms with van der Waals surface area (Å²) in [7, 11) is 1.57. The molecule has 1 amide bonds. The van der Waals surface area contributed by atoms with Gasteiger partial charge in [0.2, 0.25) is 11.8 Å². The number of carbonyl (C=O) groups is 1. The molecule has 3 rings (SSSR count). The number of pyridine rings is 1. The van der Waals surface area contributed by atoms with Crippen molar-refractivity contribution in [2.45, 2.75) is 19.4 Å². The molecule has 6 heteroatoms. The van der Waals surface area contributed by atoms with Gasteiger partial charge in [0.1, 0.15) is 0 Å². The van der Waals surface area contributed by atoms with Crippen LogP contribution in [0.2, 0.25) is 0 Å². The van der Waals surface area contributed by atoms with E-state index in [-0.39, 0.29) is 5.91 Å². The summed E-state index contributed by atoms with van der Waals surface area (Å²) >= 11 is 3.43. The molecular weight excluding hydrogens is 372 g/mol. The van der Waals surface area contributed by atoms with E-state index in [0.29, 0.717) is 32.1 Å². The van der Waals surface area contributed by atoms with E-state index >= 15 is 0 Å². The SMILES string of the molecule is COc1nc2c(cc1Br)N(CCCOCc1ccccc1)C(=O)C2. The van der Waals surface area contributed by atoms with Crippen LogP contribution in [0.4, 0.5) is 5.69 Å². The fourth-order valence-electron chi connectivity index (χ4n) is 2.71. The number of hydrogen-bond donors (Lipinski definition) is 0. The predicted octanol–water partition coefficient (Wildman–Crippen LogP) is 3.35. The number of nitrogens with zero attached hydrogens (tertiary/aromatic N) is 2. The van der Waals surface area contributed by atoms with Crippen molar-refractivity contribution in [2.75, 3.05) is 25.2 Å². The molecule has 1 aliphatic rings. The molecule has 2 heterocycles. The summed E-state index contributed by atoms with van der Waals surface area (Å²) in [5.41, 5.74) is 2.78. The minimum atomic E-state index is 0.0701. The van der Waals surface area contributed by atoms with Gasteiger partial charge in [0, 0.05) is 13.2 Å². The van der Waals surface area contributed by atoms with Crippen LogP contribution in [0.3, 0.4) is 0 Å². The summed E-state index contributed by atoms with van der Waals surface area (Å²) in [6, 6.07) is 12.0. The zero-order valence-corrected chi connectivity index (χ0v) is 15.1. The number of carbonyl (C=O) groups excluding carboxylic acids is 1. The molecule has 0 radical (unpaired) electrons. The van der Waals surface area contributed by atoms with Gasteiger partial charge in [-0.1, -0.05) is 30.3 Å². The van der Waals surface area contributed by atoms with Gasteiger partial charge in [-0.3, -0.25) is 4.79 Å². The summed E-state index contributed by atoms with van der Waals surface area (Å²) in [5.74, 6) is 0.579. The smallest absolute Gasteiger partial charge is 0.233 e. The van der Waals surface area contributed by atoms with E-state index in [9.17, 15) is 4.79 Å². The number of halogens is 1. The maximum absolute atomic E-state index is 12.2. The van der Waals surface area contributed by atoms with Crippen molar-refractivity contribution >= 4 is 27.5 Å². The molecule has 24 heavy (non-hydrogen) atoms. The van der Waals surface area contributed by atoms with Crippen molar-refractivity contribution in [3.05, 3.63) is 52.1 Å². The lowest BCUT2D eigenvalue weighted by molar-refractivity contribution is -0.117. The van der Waals surface area contributed by atoms with Gasteiger partial charge in [-0.2, -0.15) is 0 Å². The average Bonchev–Trinajstić information content (AvgIpc) is 2.89. The first-order valence-corrected chi connectivity index (χ1v) is 8.64. The van der Waals surface area contributed by atoms with Crippen LogP contribution < -0.4 is 9.64 Å². The Labute approximate surface area is 149 Å². The van der Waals surface area contributed by atoms with E-state index in [4.69, 9.17) is 9.47 Å². The van der Waals surface area contributed by atoms with Crippen LogP contribution >= 0.6 is 15.9 Å². The standard InChI is InChI=1S/C18H19BrN2O3/c1-23-18-14(19)10-16-15(20-18)11-17(22)21(16)8-5-9-24-12-13-6-3-2-4-7-13/h2-4,6-7,10H,5,8-9,11-12H2,1H3. The predicted molar refractivity (Wildman–Crippen MR) is 95.3 cm³/mol. The lowest BCUT2D eigenvalue weighted by Gasteiger charge is -2.17. The third-order valence-electron chi connectivity index (χ3n) is 3.89. The van der Waals surface area contributed by atoms with E-state index in [1.54, 1.807) is 12.0 Å². The largest absolute Gasteiger partial charge is 0.480 e. The van der Waals surface area contributed by atoms with Crippen LogP contribution in [0.1, 0.15) is 17.7 Å². The number of methoxy groups -OCH3 is 1. The van der Waals surface area contributed by atoms with Gasteiger partial charge in [-0.15, -0.1) is 0 Å². The number of ether oxygens (including phenoxy) is 2. The average molecular weight is 391 g/mol. The zero-order chi connectivity index (χ0) is 16.9. The summed E-state index contributed by atoms with van der Waals surface area (Å²) in [6.07, 6.45) is 1.10. The Morgan fingerprint density at radius 1 is 1.29 bits per heavy atom. The van der Waals surface area contributed by atoms with E-state index in [1.165, 1.54) is 0 Å². The molecule has 126 valence electrons. The number of rotatable bonds is 7. The highest BCUT2D eigenvalue weighted by Gasteiger charge is 2.29. The monoisotopic (exact) mass is 390 g/mol. The van der Waals surface area contributed by atoms with E-state index in [2.05, 4.69) is 20.9 Å². The minimum absolute atomic E-state index is 0.0701. The van der Waals surface area contributed by atoms with Crippen LogP contribution in [-0.4, -0.2) is 31.2 Å². The Balaban J connectivity index is 1.53. The molecule has 2 aromatic rings. The summed E-state index contributed by atoms with van der Waals surface area (Å²) in [6.45, 7) is 1.83. The first-order chi connectivity index (χ1) is 11.7. The van der Waals surface area contributed by atoms with Crippen LogP contribution in [-0.2, 0) is 22.6 Å². The molecule has 0 saturated carbocycles. The second kappa shape index (κ2) is 7.77. The lowest BCUT2D eigenvalue weighted by Crippen LogP contribution is -2.28. The van der Waals surface area contributed by atoms with Crippen LogP contribution in [0.15, 0.2) is 40.9 Å². The lowest BCUT2D eigenvalue weighted by atomic mass is 10.2. The molecule has 1 aromatic carbocycles. The molecule has 0 saturated heterocycles. The summed E-state index contributed by atoms with van der Waals surface area (Å²) in [4.78, 5) is 18.4. The number of fused-ring (bicyclic) bond motifs is 1. The Bertz CT molecular complexity index is 722. The highest BCUT2D eigenvalue weighted by atomic mass is 79.9. The van der Waals surface area contributed by atoms with Gasteiger partial charge < -0.3 is 14.4 Å². The molecule has 0 unspecified atom stereocenters. The van der Waals surface area contributed by atoms with Gasteiger partial charge >= 0.3 is 0 Å². The fraction of sp³-hybridized carbons (Fsp3) is 0.333. The van der Waals surface area contributed by atoms with E-state index < -0.39 is 0 Å². The quantitative estimate of drug-likeness (QED) is 0.680. The minimum Gasteiger partial charge on any atom is -0.480 e.